The predicted molar refractivity (Wildman–Crippen MR) is 43.6 cm³/mol. The quantitative estimate of drug-likeness (QED) is 0.401. The van der Waals surface area contributed by atoms with Crippen LogP contribution in [0.1, 0.15) is 12.8 Å². The molecular formula is C9H16NO2+. The fraction of sp³-hybridized carbons (Fsp3) is 1.00. The van der Waals surface area contributed by atoms with E-state index in [9.17, 15) is 5.11 Å². The molecule has 0 spiro atoms. The fourth-order valence-corrected chi connectivity index (χ4v) is 3.22. The van der Waals surface area contributed by atoms with Gasteiger partial charge in [-0.25, -0.2) is 0 Å². The molecule has 3 aliphatic rings. The molecule has 68 valence electrons. The van der Waals surface area contributed by atoms with Gasteiger partial charge in [-0.2, -0.15) is 0 Å². The lowest BCUT2D eigenvalue weighted by molar-refractivity contribution is -0.938. The Morgan fingerprint density at radius 2 is 1.67 bits per heavy atom. The summed E-state index contributed by atoms with van der Waals surface area (Å²) in [6.45, 7) is 0. The van der Waals surface area contributed by atoms with Crippen LogP contribution in [0.2, 0.25) is 0 Å². The van der Waals surface area contributed by atoms with Crippen molar-refractivity contribution in [1.82, 2.24) is 0 Å². The van der Waals surface area contributed by atoms with Gasteiger partial charge in [0.25, 0.3) is 0 Å². The number of likely N-dealkylation sites (N-methyl/N-ethyl adjacent to an activating group) is 1. The molecule has 3 fully saturated rings. The number of rotatable bonds is 0. The van der Waals surface area contributed by atoms with Crippen LogP contribution in [0.3, 0.4) is 0 Å². The first-order valence-electron chi connectivity index (χ1n) is 4.77. The van der Waals surface area contributed by atoms with E-state index in [2.05, 4.69) is 14.1 Å². The van der Waals surface area contributed by atoms with Crippen molar-refractivity contribution in [1.29, 1.82) is 0 Å². The average Bonchev–Trinajstić information content (AvgIpc) is 2.66. The summed E-state index contributed by atoms with van der Waals surface area (Å²) in [6.07, 6.45) is 2.75. The van der Waals surface area contributed by atoms with Gasteiger partial charge in [-0.05, 0) is 0 Å². The Morgan fingerprint density at radius 1 is 1.17 bits per heavy atom. The topological polar surface area (TPSA) is 32.8 Å². The Labute approximate surface area is 72.5 Å². The van der Waals surface area contributed by atoms with E-state index in [1.54, 1.807) is 0 Å². The summed E-state index contributed by atoms with van der Waals surface area (Å²) >= 11 is 0. The molecule has 5 atom stereocenters. The molecule has 3 aliphatic heterocycles. The van der Waals surface area contributed by atoms with Gasteiger partial charge in [-0.15, -0.1) is 0 Å². The molecule has 3 heterocycles. The molecule has 0 radical (unpaired) electrons. The van der Waals surface area contributed by atoms with Crippen LogP contribution in [0.4, 0.5) is 0 Å². The lowest BCUT2D eigenvalue weighted by atomic mass is 9.97. The Bertz CT molecular complexity index is 209. The number of nitrogens with zero attached hydrogens (tertiary/aromatic N) is 1. The number of quaternary nitrogens is 1. The molecule has 3 heteroatoms. The number of ether oxygens (including phenoxy) is 1. The van der Waals surface area contributed by atoms with E-state index in [0.29, 0.717) is 24.3 Å². The smallest absolute Gasteiger partial charge is 0.142 e. The van der Waals surface area contributed by atoms with Crippen LogP contribution in [-0.4, -0.2) is 54.1 Å². The first kappa shape index (κ1) is 7.30. The van der Waals surface area contributed by atoms with Crippen LogP contribution in [0, 0.1) is 0 Å². The zero-order valence-electron chi connectivity index (χ0n) is 7.60. The second-order valence-corrected chi connectivity index (χ2v) is 4.95. The van der Waals surface area contributed by atoms with Crippen molar-refractivity contribution < 1.29 is 14.3 Å². The minimum absolute atomic E-state index is 0.0671. The van der Waals surface area contributed by atoms with Crippen molar-refractivity contribution in [2.45, 2.75) is 43.2 Å². The van der Waals surface area contributed by atoms with Crippen LogP contribution < -0.4 is 0 Å². The van der Waals surface area contributed by atoms with Crippen molar-refractivity contribution in [2.24, 2.45) is 0 Å². The Kier molecular flexibility index (Phi) is 1.13. The number of piperidine rings is 1. The molecular weight excluding hydrogens is 154 g/mol. The van der Waals surface area contributed by atoms with Crippen LogP contribution in [-0.2, 0) is 4.74 Å². The molecule has 0 aromatic heterocycles. The number of fused-ring (bicyclic) bond motifs is 5. The van der Waals surface area contributed by atoms with E-state index >= 15 is 0 Å². The molecule has 2 unspecified atom stereocenters. The molecule has 3 saturated heterocycles. The Morgan fingerprint density at radius 3 is 2.17 bits per heavy atom. The number of hydrogen-bond donors (Lipinski definition) is 1. The summed E-state index contributed by atoms with van der Waals surface area (Å²) in [5.74, 6) is 0. The predicted octanol–water partition coefficient (Wildman–Crippen LogP) is -0.264. The third-order valence-electron chi connectivity index (χ3n) is 4.06. The van der Waals surface area contributed by atoms with Gasteiger partial charge in [0, 0.05) is 12.8 Å². The third kappa shape index (κ3) is 0.679. The fourth-order valence-electron chi connectivity index (χ4n) is 3.22. The second kappa shape index (κ2) is 1.86. The van der Waals surface area contributed by atoms with E-state index < -0.39 is 0 Å². The van der Waals surface area contributed by atoms with Crippen molar-refractivity contribution in [3.63, 3.8) is 0 Å². The van der Waals surface area contributed by atoms with Crippen molar-refractivity contribution in [2.75, 3.05) is 14.1 Å². The molecule has 12 heavy (non-hydrogen) atoms. The Balaban J connectivity index is 1.96. The standard InChI is InChI=1S/C9H16NO2/c1-10(2)6-3-5(11)4-7(10)9-8(6)12-9/h5-9,11H,3-4H2,1-2H3/q+1/t5-,6?,7?,8-,9+. The molecule has 2 bridgehead atoms. The normalized spacial score (nSPS) is 59.8. The molecule has 1 N–H and O–H groups in total. The highest BCUT2D eigenvalue weighted by Crippen LogP contribution is 2.50. The zero-order valence-corrected chi connectivity index (χ0v) is 7.60. The van der Waals surface area contributed by atoms with Gasteiger partial charge in [0.2, 0.25) is 0 Å². The maximum atomic E-state index is 9.60. The SMILES string of the molecule is C[N+]1(C)C2C[C@@H](O)CC1[C@@H]1O[C@H]21. The van der Waals surface area contributed by atoms with Crippen LogP contribution in [0.25, 0.3) is 0 Å². The lowest BCUT2D eigenvalue weighted by Crippen LogP contribution is -2.59. The number of morpholine rings is 1. The highest BCUT2D eigenvalue weighted by molar-refractivity contribution is 5.07. The number of epoxide rings is 1. The summed E-state index contributed by atoms with van der Waals surface area (Å²) in [5, 5.41) is 9.60. The second-order valence-electron chi connectivity index (χ2n) is 4.95. The van der Waals surface area contributed by atoms with Crippen LogP contribution in [0.5, 0.6) is 0 Å². The molecule has 3 nitrogen and oxygen atoms in total. The van der Waals surface area contributed by atoms with Gasteiger partial charge in [-0.3, -0.25) is 0 Å². The monoisotopic (exact) mass is 170 g/mol. The zero-order chi connectivity index (χ0) is 8.51. The largest absolute Gasteiger partial charge is 0.393 e. The van der Waals surface area contributed by atoms with E-state index in [1.807, 2.05) is 0 Å². The average molecular weight is 170 g/mol. The van der Waals surface area contributed by atoms with Crippen LogP contribution in [0.15, 0.2) is 0 Å². The molecule has 0 aliphatic carbocycles. The van der Waals surface area contributed by atoms with Gasteiger partial charge in [0.05, 0.1) is 20.2 Å². The van der Waals surface area contributed by atoms with E-state index in [4.69, 9.17) is 4.74 Å². The summed E-state index contributed by atoms with van der Waals surface area (Å²) in [7, 11) is 4.55. The molecule has 3 rings (SSSR count). The maximum absolute atomic E-state index is 9.60. The van der Waals surface area contributed by atoms with E-state index in [-0.39, 0.29) is 6.10 Å². The molecule has 0 aromatic carbocycles. The minimum Gasteiger partial charge on any atom is -0.393 e. The summed E-state index contributed by atoms with van der Waals surface area (Å²) in [6, 6.07) is 1.12. The molecule has 0 amide bonds. The summed E-state index contributed by atoms with van der Waals surface area (Å²) in [5.41, 5.74) is 0. The minimum atomic E-state index is -0.0671. The van der Waals surface area contributed by atoms with E-state index in [0.717, 1.165) is 17.3 Å². The summed E-state index contributed by atoms with van der Waals surface area (Å²) in [4.78, 5) is 0. The van der Waals surface area contributed by atoms with Gasteiger partial charge >= 0.3 is 0 Å². The van der Waals surface area contributed by atoms with Crippen molar-refractivity contribution in [3.8, 4) is 0 Å². The Hall–Kier alpha value is -0.120. The van der Waals surface area contributed by atoms with Gasteiger partial charge in [-0.1, -0.05) is 0 Å². The lowest BCUT2D eigenvalue weighted by Gasteiger charge is -2.44. The van der Waals surface area contributed by atoms with E-state index in [1.165, 1.54) is 0 Å². The highest BCUT2D eigenvalue weighted by Gasteiger charge is 2.70. The number of aliphatic hydroxyl groups excluding tert-OH is 1. The molecule has 0 saturated carbocycles. The van der Waals surface area contributed by atoms with Crippen LogP contribution >= 0.6 is 0 Å². The first-order valence-corrected chi connectivity index (χ1v) is 4.77. The van der Waals surface area contributed by atoms with Crippen molar-refractivity contribution >= 4 is 0 Å². The van der Waals surface area contributed by atoms with Crippen molar-refractivity contribution in [3.05, 3.63) is 0 Å². The third-order valence-corrected chi connectivity index (χ3v) is 4.06. The van der Waals surface area contributed by atoms with Gasteiger partial charge in [0.1, 0.15) is 24.3 Å². The maximum Gasteiger partial charge on any atom is 0.142 e. The summed E-state index contributed by atoms with van der Waals surface area (Å²) < 4.78 is 6.65. The first-order chi connectivity index (χ1) is 5.60. The number of hydrogen-bond acceptors (Lipinski definition) is 2. The molecule has 0 aromatic rings. The highest BCUT2D eigenvalue weighted by atomic mass is 16.6. The van der Waals surface area contributed by atoms with Gasteiger partial charge in [0.15, 0.2) is 0 Å². The van der Waals surface area contributed by atoms with Gasteiger partial charge < -0.3 is 14.3 Å². The number of aliphatic hydroxyl groups is 1.